The summed E-state index contributed by atoms with van der Waals surface area (Å²) in [7, 11) is 2.77. The smallest absolute Gasteiger partial charge is 0.332 e. The molecule has 1 aromatic heterocycles. The van der Waals surface area contributed by atoms with Crippen LogP contribution >= 0.6 is 0 Å². The molecule has 0 radical (unpaired) electrons. The van der Waals surface area contributed by atoms with E-state index in [-0.39, 0.29) is 36.6 Å². The zero-order valence-corrected chi connectivity index (χ0v) is 25.8. The first-order valence-corrected chi connectivity index (χ1v) is 14.3. The van der Waals surface area contributed by atoms with Crippen LogP contribution in [0.2, 0.25) is 0 Å². The van der Waals surface area contributed by atoms with Crippen molar-refractivity contribution in [1.82, 2.24) is 10.3 Å². The monoisotopic (exact) mass is 630 g/mol. The van der Waals surface area contributed by atoms with Crippen LogP contribution in [0.5, 0.6) is 11.5 Å². The molecule has 0 unspecified atom stereocenters. The molecule has 1 fully saturated rings. The number of carbonyl (C=O) groups is 5. The first-order valence-electron chi connectivity index (χ1n) is 14.3. The van der Waals surface area contributed by atoms with Gasteiger partial charge < -0.3 is 38.5 Å². The van der Waals surface area contributed by atoms with E-state index in [1.54, 1.807) is 26.0 Å². The summed E-state index contributed by atoms with van der Waals surface area (Å²) in [5, 5.41) is 2.46. The summed E-state index contributed by atoms with van der Waals surface area (Å²) in [6.45, 7) is 3.78. The van der Waals surface area contributed by atoms with Crippen molar-refractivity contribution >= 4 is 29.8 Å². The molecule has 1 aliphatic heterocycles. The molecule has 14 heteroatoms. The maximum Gasteiger partial charge on any atom is 0.332 e. The number of nitrogens with zero attached hydrogens (tertiary/aromatic N) is 1. The van der Waals surface area contributed by atoms with E-state index in [0.717, 1.165) is 5.56 Å². The van der Waals surface area contributed by atoms with Crippen LogP contribution in [0.1, 0.15) is 43.2 Å². The van der Waals surface area contributed by atoms with Gasteiger partial charge in [-0.05, 0) is 18.9 Å². The van der Waals surface area contributed by atoms with Crippen molar-refractivity contribution in [2.75, 3.05) is 34.2 Å². The number of amides is 1. The second-order valence-corrected chi connectivity index (χ2v) is 10.4. The number of pyridine rings is 1. The van der Waals surface area contributed by atoms with Gasteiger partial charge in [0.25, 0.3) is 5.91 Å². The Morgan fingerprint density at radius 1 is 1.07 bits per heavy atom. The van der Waals surface area contributed by atoms with Gasteiger partial charge in [-0.25, -0.2) is 9.78 Å². The molecule has 1 aliphatic rings. The van der Waals surface area contributed by atoms with Gasteiger partial charge in [0.15, 0.2) is 29.3 Å². The lowest BCUT2D eigenvalue weighted by molar-refractivity contribution is -0.176. The number of nitrogens with one attached hydrogen (secondary N) is 1. The maximum absolute atomic E-state index is 13.4. The summed E-state index contributed by atoms with van der Waals surface area (Å²) >= 11 is 0. The fourth-order valence-corrected chi connectivity index (χ4v) is 4.28. The van der Waals surface area contributed by atoms with Gasteiger partial charge in [0.05, 0.1) is 26.1 Å². The van der Waals surface area contributed by atoms with Crippen LogP contribution in [-0.2, 0) is 49.3 Å². The highest BCUT2D eigenvalue weighted by molar-refractivity contribution is 5.98. The predicted molar refractivity (Wildman–Crippen MR) is 155 cm³/mol. The Morgan fingerprint density at radius 2 is 1.80 bits per heavy atom. The van der Waals surface area contributed by atoms with E-state index >= 15 is 0 Å². The maximum atomic E-state index is 13.4. The topological polar surface area (TPSA) is 175 Å². The Kier molecular flexibility index (Phi) is 13.1. The Hall–Kier alpha value is -4.72. The lowest BCUT2D eigenvalue weighted by Gasteiger charge is -2.29. The molecule has 1 amide bonds. The Labute approximate surface area is 260 Å². The van der Waals surface area contributed by atoms with Crippen molar-refractivity contribution in [3.8, 4) is 11.5 Å². The molecule has 14 nitrogen and oxygen atoms in total. The van der Waals surface area contributed by atoms with E-state index < -0.39 is 73.3 Å². The highest BCUT2D eigenvalue weighted by Crippen LogP contribution is 2.30. The Morgan fingerprint density at radius 3 is 2.47 bits per heavy atom. The van der Waals surface area contributed by atoms with Crippen LogP contribution in [0.25, 0.3) is 0 Å². The zero-order valence-electron chi connectivity index (χ0n) is 25.8. The van der Waals surface area contributed by atoms with Crippen LogP contribution in [0.15, 0.2) is 42.6 Å². The molecule has 1 N–H and O–H groups in total. The molecule has 4 atom stereocenters. The minimum absolute atomic E-state index is 0.0119. The van der Waals surface area contributed by atoms with Crippen molar-refractivity contribution < 1.29 is 57.1 Å². The van der Waals surface area contributed by atoms with Gasteiger partial charge in [0, 0.05) is 19.4 Å². The van der Waals surface area contributed by atoms with Crippen LogP contribution < -0.4 is 14.8 Å². The highest BCUT2D eigenvalue weighted by Gasteiger charge is 2.42. The summed E-state index contributed by atoms with van der Waals surface area (Å²) in [5.74, 6) is -5.36. The zero-order chi connectivity index (χ0) is 32.9. The van der Waals surface area contributed by atoms with Crippen molar-refractivity contribution in [2.24, 2.45) is 11.8 Å². The second-order valence-electron chi connectivity index (χ2n) is 10.4. The quantitative estimate of drug-likeness (QED) is 0.194. The van der Waals surface area contributed by atoms with E-state index in [9.17, 15) is 24.0 Å². The molecular weight excluding hydrogens is 592 g/mol. The van der Waals surface area contributed by atoms with Crippen LogP contribution in [0.4, 0.5) is 0 Å². The molecule has 0 aliphatic carbocycles. The summed E-state index contributed by atoms with van der Waals surface area (Å²) in [4.78, 5) is 68.5. The van der Waals surface area contributed by atoms with E-state index in [0.29, 0.717) is 0 Å². The molecule has 2 heterocycles. The Balaban J connectivity index is 1.82. The standard InChI is InChI=1S/C31H38N2O12/c1-18(2)29(36)45-26-19(3)44-31(38)22(16-41-30(37)21(26)15-20-9-7-6-8-10-20)33-28(35)25-27(23(40-5)11-13-32-25)43-17-42-24(34)12-14-39-4/h6-11,13,18-19,21-22,26H,12,14-17H2,1-5H3,(H,33,35)/t19-,21+,22-,26-/m0/s1. The van der Waals surface area contributed by atoms with Crippen molar-refractivity contribution in [2.45, 2.75) is 51.9 Å². The molecule has 0 saturated carbocycles. The fraction of sp³-hybridized carbons (Fsp3) is 0.484. The number of carbonyl (C=O) groups excluding carboxylic acids is 5. The number of benzene rings is 1. The molecular formula is C31H38N2O12. The van der Waals surface area contributed by atoms with Gasteiger partial charge in [0.2, 0.25) is 6.79 Å². The SMILES string of the molecule is COCCC(=O)OCOc1c(OC)ccnc1C(=O)N[C@H]1COC(=O)[C@H](Cc2ccccc2)[C@@H](OC(=O)C(C)C)[C@H](C)OC1=O. The van der Waals surface area contributed by atoms with E-state index in [1.165, 1.54) is 33.4 Å². The summed E-state index contributed by atoms with van der Waals surface area (Å²) in [6, 6.07) is 8.99. The first-order chi connectivity index (χ1) is 21.5. The molecule has 0 spiro atoms. The first kappa shape index (κ1) is 34.8. The van der Waals surface area contributed by atoms with Gasteiger partial charge in [-0.3, -0.25) is 19.2 Å². The number of methoxy groups -OCH3 is 2. The van der Waals surface area contributed by atoms with Gasteiger partial charge in [-0.15, -0.1) is 0 Å². The molecule has 3 rings (SSSR count). The molecule has 1 aromatic carbocycles. The Bertz CT molecular complexity index is 1330. The molecule has 244 valence electrons. The van der Waals surface area contributed by atoms with Crippen molar-refractivity contribution in [3.05, 3.63) is 53.9 Å². The normalized spacial score (nSPS) is 20.0. The summed E-state index contributed by atoms with van der Waals surface area (Å²) in [5.41, 5.74) is 0.466. The number of rotatable bonds is 13. The van der Waals surface area contributed by atoms with E-state index in [2.05, 4.69) is 10.3 Å². The van der Waals surface area contributed by atoms with Crippen molar-refractivity contribution in [1.29, 1.82) is 0 Å². The second kappa shape index (κ2) is 16.9. The average Bonchev–Trinajstić information content (AvgIpc) is 3.06. The third-order valence-electron chi connectivity index (χ3n) is 6.71. The minimum Gasteiger partial charge on any atom is -0.493 e. The number of aromatic nitrogens is 1. The molecule has 45 heavy (non-hydrogen) atoms. The van der Waals surface area contributed by atoms with Gasteiger partial charge >= 0.3 is 23.9 Å². The molecule has 2 aromatic rings. The lowest BCUT2D eigenvalue weighted by atomic mass is 9.91. The molecule has 0 bridgehead atoms. The van der Waals surface area contributed by atoms with Crippen LogP contribution in [-0.4, -0.2) is 87.2 Å². The number of ether oxygens (including phenoxy) is 7. The van der Waals surface area contributed by atoms with Gasteiger partial charge in [-0.2, -0.15) is 0 Å². The van der Waals surface area contributed by atoms with E-state index in [4.69, 9.17) is 33.2 Å². The average molecular weight is 631 g/mol. The van der Waals surface area contributed by atoms with Crippen LogP contribution in [0, 0.1) is 11.8 Å². The number of hydrogen-bond donors (Lipinski definition) is 1. The third kappa shape index (κ3) is 9.89. The predicted octanol–water partition coefficient (Wildman–Crippen LogP) is 2.02. The number of hydrogen-bond acceptors (Lipinski definition) is 13. The number of cyclic esters (lactones) is 2. The third-order valence-corrected chi connectivity index (χ3v) is 6.71. The highest BCUT2D eigenvalue weighted by atomic mass is 16.7. The largest absolute Gasteiger partial charge is 0.493 e. The van der Waals surface area contributed by atoms with Gasteiger partial charge in [-0.1, -0.05) is 44.2 Å². The molecule has 1 saturated heterocycles. The van der Waals surface area contributed by atoms with Crippen molar-refractivity contribution in [3.63, 3.8) is 0 Å². The van der Waals surface area contributed by atoms with Gasteiger partial charge in [0.1, 0.15) is 18.6 Å². The summed E-state index contributed by atoms with van der Waals surface area (Å²) < 4.78 is 37.4. The fourth-order valence-electron chi connectivity index (χ4n) is 4.28. The van der Waals surface area contributed by atoms with Crippen LogP contribution in [0.3, 0.4) is 0 Å². The number of esters is 4. The summed E-state index contributed by atoms with van der Waals surface area (Å²) in [6.07, 6.45) is -0.851. The van der Waals surface area contributed by atoms with E-state index in [1.807, 2.05) is 18.2 Å². The minimum atomic E-state index is -1.46. The lowest BCUT2D eigenvalue weighted by Crippen LogP contribution is -2.47.